The number of nitrogens with zero attached hydrogens (tertiary/aromatic N) is 2. The summed E-state index contributed by atoms with van der Waals surface area (Å²) < 4.78 is 4.81. The highest BCUT2D eigenvalue weighted by Gasteiger charge is 2.25. The van der Waals surface area contributed by atoms with Crippen LogP contribution in [0.15, 0.2) is 194 Å². The normalized spacial score (nSPS) is 12.1. The summed E-state index contributed by atoms with van der Waals surface area (Å²) in [5.74, 6) is 0. The first-order valence-electron chi connectivity index (χ1n) is 18.7. The largest absolute Gasteiger partial charge is 0.309 e. The molecule has 2 nitrogen and oxygen atoms in total. The van der Waals surface area contributed by atoms with Crippen molar-refractivity contribution in [2.75, 3.05) is 0 Å². The van der Waals surface area contributed by atoms with Crippen molar-refractivity contribution in [2.45, 2.75) is 0 Å². The standard InChI is InChI=1S/C52H32N2/c1-3-14-34(15-4-1)53-46-24-9-7-18-43(46)51-36(20-12-26-48(51)53)33-28-29-38-42-31-30-37(39-21-11-22-41(50(39)42)45(38)32-33)40-23-13-27-49-52(40)44-19-8-10-25-47(44)54(49)35-16-5-2-6-17-35/h1-32H. The molecule has 11 aromatic rings. The Morgan fingerprint density at radius 2 is 0.685 bits per heavy atom. The molecule has 0 unspecified atom stereocenters. The van der Waals surface area contributed by atoms with Gasteiger partial charge in [0.25, 0.3) is 0 Å². The fourth-order valence-corrected chi connectivity index (χ4v) is 9.47. The van der Waals surface area contributed by atoms with Crippen LogP contribution in [0.4, 0.5) is 0 Å². The smallest absolute Gasteiger partial charge is 0.0547 e. The fourth-order valence-electron chi connectivity index (χ4n) is 9.47. The average Bonchev–Trinajstić information content (AvgIpc) is 3.88. The first kappa shape index (κ1) is 29.4. The molecule has 0 atom stereocenters. The Labute approximate surface area is 312 Å². The van der Waals surface area contributed by atoms with Crippen molar-refractivity contribution in [2.24, 2.45) is 0 Å². The van der Waals surface area contributed by atoms with Gasteiger partial charge in [-0.15, -0.1) is 0 Å². The van der Waals surface area contributed by atoms with E-state index in [9.17, 15) is 0 Å². The van der Waals surface area contributed by atoms with Gasteiger partial charge in [-0.2, -0.15) is 0 Å². The molecule has 0 bridgehead atoms. The number of para-hydroxylation sites is 4. The molecule has 2 aromatic heterocycles. The zero-order valence-corrected chi connectivity index (χ0v) is 29.4. The molecule has 1 aliphatic rings. The van der Waals surface area contributed by atoms with Crippen molar-refractivity contribution < 1.29 is 0 Å². The summed E-state index contributed by atoms with van der Waals surface area (Å²) in [6.45, 7) is 0. The predicted octanol–water partition coefficient (Wildman–Crippen LogP) is 14.0. The van der Waals surface area contributed by atoms with Gasteiger partial charge in [0.1, 0.15) is 0 Å². The summed E-state index contributed by atoms with van der Waals surface area (Å²) >= 11 is 0. The van der Waals surface area contributed by atoms with Gasteiger partial charge in [0, 0.05) is 32.9 Å². The topological polar surface area (TPSA) is 9.86 Å². The van der Waals surface area contributed by atoms with Gasteiger partial charge in [-0.05, 0) is 110 Å². The van der Waals surface area contributed by atoms with E-state index in [4.69, 9.17) is 0 Å². The SMILES string of the molecule is c1ccc(-n2c3ccccc3c3c(-c4ccc5c(c4)-c4cccc6c(-c7cccc8c7c7ccccc7n8-c7ccccc7)ccc-5c46)cccc32)cc1. The second kappa shape index (κ2) is 11.2. The van der Waals surface area contributed by atoms with Gasteiger partial charge < -0.3 is 9.13 Å². The summed E-state index contributed by atoms with van der Waals surface area (Å²) in [7, 11) is 0. The Morgan fingerprint density at radius 3 is 1.33 bits per heavy atom. The van der Waals surface area contributed by atoms with Gasteiger partial charge >= 0.3 is 0 Å². The second-order valence-corrected chi connectivity index (χ2v) is 14.4. The molecular formula is C52H32N2. The van der Waals surface area contributed by atoms with E-state index in [1.807, 2.05) is 0 Å². The Morgan fingerprint density at radius 1 is 0.241 bits per heavy atom. The van der Waals surface area contributed by atoms with Crippen LogP contribution in [0, 0.1) is 0 Å². The average molecular weight is 685 g/mol. The molecule has 0 spiro atoms. The van der Waals surface area contributed by atoms with E-state index in [1.165, 1.54) is 110 Å². The van der Waals surface area contributed by atoms with Crippen molar-refractivity contribution in [1.82, 2.24) is 9.13 Å². The third-order valence-corrected chi connectivity index (χ3v) is 11.7. The minimum Gasteiger partial charge on any atom is -0.309 e. The third-order valence-electron chi connectivity index (χ3n) is 11.7. The number of hydrogen-bond donors (Lipinski definition) is 0. The number of fused-ring (bicyclic) bond motifs is 9. The van der Waals surface area contributed by atoms with Crippen LogP contribution in [0.5, 0.6) is 0 Å². The molecule has 2 heterocycles. The highest BCUT2D eigenvalue weighted by atomic mass is 15.0. The highest BCUT2D eigenvalue weighted by molar-refractivity contribution is 6.23. The predicted molar refractivity (Wildman–Crippen MR) is 228 cm³/mol. The molecule has 9 aromatic carbocycles. The number of benzene rings is 9. The Hall–Kier alpha value is -7.16. The molecule has 0 radical (unpaired) electrons. The number of rotatable bonds is 4. The summed E-state index contributed by atoms with van der Waals surface area (Å²) in [4.78, 5) is 0. The molecular weight excluding hydrogens is 653 g/mol. The molecule has 0 saturated carbocycles. The Bertz CT molecular complexity index is 3310. The van der Waals surface area contributed by atoms with E-state index in [-0.39, 0.29) is 0 Å². The zero-order valence-electron chi connectivity index (χ0n) is 29.4. The van der Waals surface area contributed by atoms with Crippen molar-refractivity contribution in [1.29, 1.82) is 0 Å². The van der Waals surface area contributed by atoms with Crippen molar-refractivity contribution in [3.8, 4) is 55.9 Å². The lowest BCUT2D eigenvalue weighted by molar-refractivity contribution is 1.18. The van der Waals surface area contributed by atoms with Gasteiger partial charge in [0.2, 0.25) is 0 Å². The lowest BCUT2D eigenvalue weighted by Crippen LogP contribution is -1.93. The Balaban J connectivity index is 1.06. The van der Waals surface area contributed by atoms with Crippen molar-refractivity contribution >= 4 is 54.4 Å². The minimum absolute atomic E-state index is 1.17. The van der Waals surface area contributed by atoms with E-state index in [0.29, 0.717) is 0 Å². The monoisotopic (exact) mass is 684 g/mol. The molecule has 0 amide bonds. The maximum atomic E-state index is 2.43. The van der Waals surface area contributed by atoms with E-state index in [2.05, 4.69) is 203 Å². The Kier molecular flexibility index (Phi) is 6.09. The molecule has 250 valence electrons. The summed E-state index contributed by atoms with van der Waals surface area (Å²) in [5, 5.41) is 7.75. The van der Waals surface area contributed by atoms with Gasteiger partial charge in [-0.1, -0.05) is 140 Å². The van der Waals surface area contributed by atoms with E-state index >= 15 is 0 Å². The van der Waals surface area contributed by atoms with Gasteiger partial charge in [-0.25, -0.2) is 0 Å². The van der Waals surface area contributed by atoms with Crippen LogP contribution in [0.2, 0.25) is 0 Å². The molecule has 0 fully saturated rings. The van der Waals surface area contributed by atoms with Crippen molar-refractivity contribution in [3.63, 3.8) is 0 Å². The number of aromatic nitrogens is 2. The van der Waals surface area contributed by atoms with Crippen LogP contribution in [-0.4, -0.2) is 9.13 Å². The lowest BCUT2D eigenvalue weighted by Gasteiger charge is -2.12. The first-order chi connectivity index (χ1) is 26.8. The van der Waals surface area contributed by atoms with Crippen LogP contribution < -0.4 is 0 Å². The van der Waals surface area contributed by atoms with Crippen LogP contribution in [0.1, 0.15) is 0 Å². The first-order valence-corrected chi connectivity index (χ1v) is 18.7. The summed E-state index contributed by atoms with van der Waals surface area (Å²) in [5.41, 5.74) is 17.5. The van der Waals surface area contributed by atoms with Crippen LogP contribution in [0.3, 0.4) is 0 Å². The zero-order chi connectivity index (χ0) is 35.3. The third kappa shape index (κ3) is 4.00. The lowest BCUT2D eigenvalue weighted by atomic mass is 9.92. The molecule has 0 N–H and O–H groups in total. The molecule has 54 heavy (non-hydrogen) atoms. The maximum absolute atomic E-state index is 2.43. The summed E-state index contributed by atoms with van der Waals surface area (Å²) in [6.07, 6.45) is 0. The molecule has 0 saturated heterocycles. The minimum atomic E-state index is 1.17. The quantitative estimate of drug-likeness (QED) is 0.175. The highest BCUT2D eigenvalue weighted by Crippen LogP contribution is 2.52. The summed E-state index contributed by atoms with van der Waals surface area (Å²) in [6, 6.07) is 71.3. The van der Waals surface area contributed by atoms with Gasteiger partial charge in [0.15, 0.2) is 0 Å². The van der Waals surface area contributed by atoms with E-state index in [0.717, 1.165) is 0 Å². The van der Waals surface area contributed by atoms with E-state index < -0.39 is 0 Å². The van der Waals surface area contributed by atoms with E-state index in [1.54, 1.807) is 0 Å². The van der Waals surface area contributed by atoms with Gasteiger partial charge in [-0.3, -0.25) is 0 Å². The number of hydrogen-bond acceptors (Lipinski definition) is 0. The van der Waals surface area contributed by atoms with Crippen LogP contribution in [0.25, 0.3) is 110 Å². The fraction of sp³-hybridized carbons (Fsp3) is 0. The van der Waals surface area contributed by atoms with Crippen LogP contribution >= 0.6 is 0 Å². The van der Waals surface area contributed by atoms with Crippen molar-refractivity contribution in [3.05, 3.63) is 194 Å². The molecule has 0 aliphatic heterocycles. The molecule has 1 aliphatic carbocycles. The molecule has 12 rings (SSSR count). The maximum Gasteiger partial charge on any atom is 0.0547 e. The molecule has 2 heteroatoms. The van der Waals surface area contributed by atoms with Crippen LogP contribution in [-0.2, 0) is 0 Å². The second-order valence-electron chi connectivity index (χ2n) is 14.4. The van der Waals surface area contributed by atoms with Gasteiger partial charge in [0.05, 0.1) is 22.1 Å².